The van der Waals surface area contributed by atoms with Gasteiger partial charge in [0.15, 0.2) is 0 Å². The van der Waals surface area contributed by atoms with Gasteiger partial charge < -0.3 is 10.1 Å². The fraction of sp³-hybridized carbons (Fsp3) is 0.385. The Labute approximate surface area is 104 Å². The molecule has 0 radical (unpaired) electrons. The number of benzene rings is 1. The summed E-state index contributed by atoms with van der Waals surface area (Å²) in [6.07, 6.45) is 0.604. The lowest BCUT2D eigenvalue weighted by molar-refractivity contribution is -0.120. The second kappa shape index (κ2) is 6.23. The highest BCUT2D eigenvalue weighted by Crippen LogP contribution is 2.26. The fourth-order valence-corrected chi connectivity index (χ4v) is 1.76. The summed E-state index contributed by atoms with van der Waals surface area (Å²) in [5, 5.41) is 2.39. The van der Waals surface area contributed by atoms with E-state index in [1.54, 1.807) is 6.92 Å². The first-order valence-electron chi connectivity index (χ1n) is 5.61. The number of carbonyl (C=O) groups is 2. The van der Waals surface area contributed by atoms with E-state index < -0.39 is 17.6 Å². The van der Waals surface area contributed by atoms with E-state index in [4.69, 9.17) is 0 Å². The summed E-state index contributed by atoms with van der Waals surface area (Å²) in [5.74, 6) is -2.71. The van der Waals surface area contributed by atoms with Gasteiger partial charge in [-0.2, -0.15) is 0 Å². The molecule has 1 rings (SSSR count). The minimum absolute atomic E-state index is 0.0483. The lowest BCUT2D eigenvalue weighted by atomic mass is 9.93. The number of aryl methyl sites for hydroxylation is 1. The molecule has 98 valence electrons. The highest BCUT2D eigenvalue weighted by molar-refractivity contribution is 5.76. The monoisotopic (exact) mass is 255 g/mol. The molecule has 0 unspecified atom stereocenters. The molecule has 0 fully saturated rings. The van der Waals surface area contributed by atoms with Crippen molar-refractivity contribution in [2.75, 3.05) is 7.05 Å². The second-order valence-electron chi connectivity index (χ2n) is 4.10. The molecule has 1 aromatic rings. The lowest BCUT2D eigenvalue weighted by Crippen LogP contribution is -2.19. The van der Waals surface area contributed by atoms with Gasteiger partial charge >= 0.3 is 0 Å². The predicted octanol–water partition coefficient (Wildman–Crippen LogP) is 2.08. The maximum absolute atomic E-state index is 13.7. The molecular formula is C13H15F2NO2. The standard InChI is InChI=1S/C13H15F2NO2/c1-8-5-10(14)13(11(15)6-8)9(7-17)3-4-12(18)16-2/h5-7,9H,3-4H2,1-2H3,(H,16,18)/t9-/m0/s1. The number of halogens is 2. The van der Waals surface area contributed by atoms with E-state index in [9.17, 15) is 18.4 Å². The summed E-state index contributed by atoms with van der Waals surface area (Å²) in [4.78, 5) is 22.0. The Kier molecular flexibility index (Phi) is 4.95. The first-order valence-corrected chi connectivity index (χ1v) is 5.61. The van der Waals surface area contributed by atoms with Gasteiger partial charge in [0.2, 0.25) is 5.91 Å². The number of hydrogen-bond donors (Lipinski definition) is 1. The van der Waals surface area contributed by atoms with Crippen LogP contribution < -0.4 is 5.32 Å². The van der Waals surface area contributed by atoms with Crippen LogP contribution in [0.3, 0.4) is 0 Å². The Balaban J connectivity index is 2.95. The van der Waals surface area contributed by atoms with Crippen LogP contribution in [0.15, 0.2) is 12.1 Å². The predicted molar refractivity (Wildman–Crippen MR) is 63.2 cm³/mol. The Morgan fingerprint density at radius 2 is 1.94 bits per heavy atom. The molecular weight excluding hydrogens is 240 g/mol. The van der Waals surface area contributed by atoms with Gasteiger partial charge in [0, 0.05) is 24.9 Å². The summed E-state index contributed by atoms with van der Waals surface area (Å²) in [6.45, 7) is 1.57. The van der Waals surface area contributed by atoms with Crippen LogP contribution in [0, 0.1) is 18.6 Å². The highest BCUT2D eigenvalue weighted by Gasteiger charge is 2.21. The van der Waals surface area contributed by atoms with Gasteiger partial charge in [-0.15, -0.1) is 0 Å². The Hall–Kier alpha value is -1.78. The Morgan fingerprint density at radius 3 is 2.39 bits per heavy atom. The second-order valence-corrected chi connectivity index (χ2v) is 4.10. The maximum atomic E-state index is 13.7. The summed E-state index contributed by atoms with van der Waals surface area (Å²) in [5.41, 5.74) is 0.184. The molecule has 0 aliphatic rings. The zero-order valence-corrected chi connectivity index (χ0v) is 10.3. The van der Waals surface area contributed by atoms with E-state index in [2.05, 4.69) is 5.32 Å². The third kappa shape index (κ3) is 3.35. The van der Waals surface area contributed by atoms with Crippen molar-refractivity contribution in [1.29, 1.82) is 0 Å². The largest absolute Gasteiger partial charge is 0.359 e. The molecule has 1 amide bonds. The molecule has 0 heterocycles. The first kappa shape index (κ1) is 14.3. The number of rotatable bonds is 5. The van der Waals surface area contributed by atoms with Crippen LogP contribution in [0.2, 0.25) is 0 Å². The van der Waals surface area contributed by atoms with Gasteiger partial charge in [0.25, 0.3) is 0 Å². The summed E-state index contributed by atoms with van der Waals surface area (Å²) >= 11 is 0. The molecule has 1 atom stereocenters. The first-order chi connectivity index (χ1) is 8.49. The number of aldehydes is 1. The lowest BCUT2D eigenvalue weighted by Gasteiger charge is -2.13. The van der Waals surface area contributed by atoms with Gasteiger partial charge in [-0.25, -0.2) is 8.78 Å². The summed E-state index contributed by atoms with van der Waals surface area (Å²) < 4.78 is 27.3. The van der Waals surface area contributed by atoms with Crippen molar-refractivity contribution in [3.63, 3.8) is 0 Å². The van der Waals surface area contributed by atoms with E-state index in [1.807, 2.05) is 0 Å². The van der Waals surface area contributed by atoms with Crippen LogP contribution in [-0.4, -0.2) is 19.2 Å². The average molecular weight is 255 g/mol. The molecule has 0 saturated carbocycles. The molecule has 5 heteroatoms. The number of hydrogen-bond acceptors (Lipinski definition) is 2. The maximum Gasteiger partial charge on any atom is 0.219 e. The van der Waals surface area contributed by atoms with E-state index in [0.717, 1.165) is 0 Å². The van der Waals surface area contributed by atoms with Crippen molar-refractivity contribution in [3.05, 3.63) is 34.9 Å². The van der Waals surface area contributed by atoms with Gasteiger partial charge in [0.1, 0.15) is 17.9 Å². The molecule has 1 aromatic carbocycles. The third-order valence-electron chi connectivity index (χ3n) is 2.72. The highest BCUT2D eigenvalue weighted by atomic mass is 19.1. The topological polar surface area (TPSA) is 46.2 Å². The fourth-order valence-electron chi connectivity index (χ4n) is 1.76. The third-order valence-corrected chi connectivity index (χ3v) is 2.72. The summed E-state index contributed by atoms with van der Waals surface area (Å²) in [7, 11) is 1.46. The van der Waals surface area contributed by atoms with Crippen molar-refractivity contribution in [3.8, 4) is 0 Å². The van der Waals surface area contributed by atoms with Crippen LogP contribution in [0.25, 0.3) is 0 Å². The minimum Gasteiger partial charge on any atom is -0.359 e. The molecule has 0 saturated heterocycles. The molecule has 18 heavy (non-hydrogen) atoms. The molecule has 0 bridgehead atoms. The van der Waals surface area contributed by atoms with Gasteiger partial charge in [-0.1, -0.05) is 0 Å². The number of amides is 1. The van der Waals surface area contributed by atoms with Crippen LogP contribution in [0.5, 0.6) is 0 Å². The zero-order chi connectivity index (χ0) is 13.7. The molecule has 0 aliphatic heterocycles. The number of carbonyl (C=O) groups excluding carboxylic acids is 2. The molecule has 0 spiro atoms. The average Bonchev–Trinajstić information content (AvgIpc) is 2.31. The quantitative estimate of drug-likeness (QED) is 0.819. The SMILES string of the molecule is CNC(=O)CC[C@@H](C=O)c1c(F)cc(C)cc1F. The van der Waals surface area contributed by atoms with Crippen molar-refractivity contribution in [2.24, 2.45) is 0 Å². The van der Waals surface area contributed by atoms with Gasteiger partial charge in [-0.3, -0.25) is 4.79 Å². The van der Waals surface area contributed by atoms with Gasteiger partial charge in [-0.05, 0) is 31.0 Å². The van der Waals surface area contributed by atoms with Crippen LogP contribution >= 0.6 is 0 Å². The zero-order valence-electron chi connectivity index (χ0n) is 10.3. The Morgan fingerprint density at radius 1 is 1.39 bits per heavy atom. The number of nitrogens with one attached hydrogen (secondary N) is 1. The van der Waals surface area contributed by atoms with E-state index in [0.29, 0.717) is 11.8 Å². The Bertz CT molecular complexity index is 437. The van der Waals surface area contributed by atoms with Crippen LogP contribution in [0.1, 0.15) is 29.9 Å². The van der Waals surface area contributed by atoms with E-state index in [-0.39, 0.29) is 24.3 Å². The molecule has 1 N–H and O–H groups in total. The molecule has 3 nitrogen and oxygen atoms in total. The van der Waals surface area contributed by atoms with Crippen LogP contribution in [0.4, 0.5) is 8.78 Å². The van der Waals surface area contributed by atoms with Crippen LogP contribution in [-0.2, 0) is 9.59 Å². The van der Waals surface area contributed by atoms with E-state index >= 15 is 0 Å². The van der Waals surface area contributed by atoms with Crippen molar-refractivity contribution in [1.82, 2.24) is 5.32 Å². The van der Waals surface area contributed by atoms with Crippen molar-refractivity contribution < 1.29 is 18.4 Å². The molecule has 0 aliphatic carbocycles. The normalized spacial score (nSPS) is 12.0. The van der Waals surface area contributed by atoms with Gasteiger partial charge in [0.05, 0.1) is 0 Å². The smallest absolute Gasteiger partial charge is 0.219 e. The minimum atomic E-state index is -0.942. The van der Waals surface area contributed by atoms with Crippen molar-refractivity contribution >= 4 is 12.2 Å². The van der Waals surface area contributed by atoms with E-state index in [1.165, 1.54) is 19.2 Å². The molecule has 0 aromatic heterocycles. The summed E-state index contributed by atoms with van der Waals surface area (Å²) in [6, 6.07) is 2.35. The van der Waals surface area contributed by atoms with Crippen molar-refractivity contribution in [2.45, 2.75) is 25.7 Å².